The van der Waals surface area contributed by atoms with Crippen LogP contribution in [0.4, 0.5) is 0 Å². The van der Waals surface area contributed by atoms with E-state index in [1.165, 1.54) is 19.3 Å². The highest BCUT2D eigenvalue weighted by molar-refractivity contribution is 5.73. The molecule has 0 aliphatic carbocycles. The fourth-order valence-electron chi connectivity index (χ4n) is 2.64. The molecule has 0 aromatic heterocycles. The van der Waals surface area contributed by atoms with E-state index >= 15 is 0 Å². The van der Waals surface area contributed by atoms with Crippen LogP contribution in [0.5, 0.6) is 0 Å². The largest absolute Gasteiger partial charge is 0.480 e. The van der Waals surface area contributed by atoms with Crippen molar-refractivity contribution in [3.05, 3.63) is 0 Å². The van der Waals surface area contributed by atoms with Crippen molar-refractivity contribution < 1.29 is 9.90 Å². The van der Waals surface area contributed by atoms with Crippen LogP contribution in [0.15, 0.2) is 0 Å². The summed E-state index contributed by atoms with van der Waals surface area (Å²) in [7, 11) is 0. The number of hydrogen-bond donors (Lipinski definition) is 1. The standard InChI is InChI=1S/C11H20N2O2/c14-11(15)10-6-2-5-9-13(10)12-7-3-1-4-8-12/h10H,1-9H2,(H,14,15). The summed E-state index contributed by atoms with van der Waals surface area (Å²) in [6, 6.07) is -0.267. The molecule has 2 heterocycles. The Balaban J connectivity index is 1.99. The summed E-state index contributed by atoms with van der Waals surface area (Å²) in [5, 5.41) is 13.5. The molecule has 2 rings (SSSR count). The van der Waals surface area contributed by atoms with Crippen LogP contribution >= 0.6 is 0 Å². The van der Waals surface area contributed by atoms with Crippen LogP contribution in [-0.4, -0.2) is 46.8 Å². The molecule has 0 amide bonds. The van der Waals surface area contributed by atoms with Gasteiger partial charge in [-0.15, -0.1) is 0 Å². The average molecular weight is 212 g/mol. The first-order valence-corrected chi connectivity index (χ1v) is 6.03. The molecule has 1 unspecified atom stereocenters. The number of carboxylic acids is 1. The van der Waals surface area contributed by atoms with Crippen molar-refractivity contribution in [2.75, 3.05) is 19.6 Å². The lowest BCUT2D eigenvalue weighted by Gasteiger charge is -2.43. The zero-order valence-corrected chi connectivity index (χ0v) is 9.19. The van der Waals surface area contributed by atoms with Gasteiger partial charge in [0.05, 0.1) is 0 Å². The third-order valence-corrected chi connectivity index (χ3v) is 3.46. The number of hydrogen-bond acceptors (Lipinski definition) is 3. The third-order valence-electron chi connectivity index (χ3n) is 3.46. The molecular weight excluding hydrogens is 192 g/mol. The SMILES string of the molecule is O=C(O)C1CCCCN1N1CCCCC1. The van der Waals surface area contributed by atoms with Gasteiger partial charge in [-0.1, -0.05) is 6.42 Å². The van der Waals surface area contributed by atoms with Crippen LogP contribution in [0, 0.1) is 0 Å². The van der Waals surface area contributed by atoms with E-state index in [0.29, 0.717) is 0 Å². The van der Waals surface area contributed by atoms with Gasteiger partial charge in [0, 0.05) is 19.6 Å². The van der Waals surface area contributed by atoms with Gasteiger partial charge in [0.2, 0.25) is 0 Å². The van der Waals surface area contributed by atoms with Gasteiger partial charge < -0.3 is 5.11 Å². The molecule has 0 radical (unpaired) electrons. The Hall–Kier alpha value is -0.610. The van der Waals surface area contributed by atoms with Gasteiger partial charge >= 0.3 is 5.97 Å². The predicted molar refractivity (Wildman–Crippen MR) is 57.4 cm³/mol. The summed E-state index contributed by atoms with van der Waals surface area (Å²) in [6.07, 6.45) is 6.72. The van der Waals surface area contributed by atoms with E-state index < -0.39 is 5.97 Å². The molecular formula is C11H20N2O2. The van der Waals surface area contributed by atoms with Crippen molar-refractivity contribution in [1.29, 1.82) is 0 Å². The van der Waals surface area contributed by atoms with Crippen LogP contribution in [0.25, 0.3) is 0 Å². The number of rotatable bonds is 2. The minimum absolute atomic E-state index is 0.267. The van der Waals surface area contributed by atoms with Crippen molar-refractivity contribution in [2.24, 2.45) is 0 Å². The smallest absolute Gasteiger partial charge is 0.322 e. The Morgan fingerprint density at radius 1 is 1.00 bits per heavy atom. The number of carbonyl (C=O) groups is 1. The maximum Gasteiger partial charge on any atom is 0.322 e. The molecule has 2 fully saturated rings. The van der Waals surface area contributed by atoms with Gasteiger partial charge in [0.15, 0.2) is 0 Å². The number of hydrazine groups is 1. The highest BCUT2D eigenvalue weighted by Gasteiger charge is 2.32. The topological polar surface area (TPSA) is 43.8 Å². The summed E-state index contributed by atoms with van der Waals surface area (Å²) < 4.78 is 0. The molecule has 4 nitrogen and oxygen atoms in total. The average Bonchev–Trinajstić information content (AvgIpc) is 2.30. The molecule has 0 bridgehead atoms. The summed E-state index contributed by atoms with van der Waals surface area (Å²) in [6.45, 7) is 3.02. The Labute approximate surface area is 90.8 Å². The Morgan fingerprint density at radius 2 is 1.67 bits per heavy atom. The van der Waals surface area contributed by atoms with Crippen LogP contribution in [-0.2, 0) is 4.79 Å². The molecule has 1 N–H and O–H groups in total. The first-order valence-electron chi connectivity index (χ1n) is 6.03. The lowest BCUT2D eigenvalue weighted by Crippen LogP contribution is -2.55. The molecule has 0 spiro atoms. The Bertz CT molecular complexity index is 227. The Kier molecular flexibility index (Phi) is 3.59. The summed E-state index contributed by atoms with van der Waals surface area (Å²) in [4.78, 5) is 11.1. The summed E-state index contributed by atoms with van der Waals surface area (Å²) in [5.41, 5.74) is 0. The maximum absolute atomic E-state index is 11.1. The number of piperidine rings is 2. The van der Waals surface area contributed by atoms with E-state index in [2.05, 4.69) is 10.0 Å². The van der Waals surface area contributed by atoms with Crippen molar-refractivity contribution in [1.82, 2.24) is 10.0 Å². The van der Waals surface area contributed by atoms with Gasteiger partial charge in [-0.2, -0.15) is 0 Å². The van der Waals surface area contributed by atoms with E-state index in [-0.39, 0.29) is 6.04 Å². The van der Waals surface area contributed by atoms with Crippen molar-refractivity contribution >= 4 is 5.97 Å². The number of aliphatic carboxylic acids is 1. The fourth-order valence-corrected chi connectivity index (χ4v) is 2.64. The van der Waals surface area contributed by atoms with Crippen LogP contribution < -0.4 is 0 Å². The molecule has 86 valence electrons. The molecule has 4 heteroatoms. The molecule has 0 aromatic rings. The third kappa shape index (κ3) is 2.49. The lowest BCUT2D eigenvalue weighted by atomic mass is 10.0. The zero-order valence-electron chi connectivity index (χ0n) is 9.19. The molecule has 2 aliphatic rings. The number of carboxylic acid groups (broad SMARTS) is 1. The molecule has 2 saturated heterocycles. The van der Waals surface area contributed by atoms with Gasteiger partial charge in [-0.3, -0.25) is 4.79 Å². The second-order valence-corrected chi connectivity index (χ2v) is 4.53. The predicted octanol–water partition coefficient (Wildman–Crippen LogP) is 1.33. The van der Waals surface area contributed by atoms with Crippen molar-refractivity contribution in [3.8, 4) is 0 Å². The lowest BCUT2D eigenvalue weighted by molar-refractivity contribution is -0.159. The first-order chi connectivity index (χ1) is 7.29. The molecule has 15 heavy (non-hydrogen) atoms. The monoisotopic (exact) mass is 212 g/mol. The highest BCUT2D eigenvalue weighted by atomic mass is 16.4. The molecule has 2 aliphatic heterocycles. The van der Waals surface area contributed by atoms with Crippen LogP contribution in [0.2, 0.25) is 0 Å². The Morgan fingerprint density at radius 3 is 2.33 bits per heavy atom. The quantitative estimate of drug-likeness (QED) is 0.750. The maximum atomic E-state index is 11.1. The van der Waals surface area contributed by atoms with E-state index in [9.17, 15) is 9.90 Å². The molecule has 0 saturated carbocycles. The number of nitrogens with zero attached hydrogens (tertiary/aromatic N) is 2. The molecule has 1 atom stereocenters. The van der Waals surface area contributed by atoms with E-state index in [1.807, 2.05) is 0 Å². The van der Waals surface area contributed by atoms with Crippen LogP contribution in [0.1, 0.15) is 38.5 Å². The van der Waals surface area contributed by atoms with Crippen LogP contribution in [0.3, 0.4) is 0 Å². The molecule has 0 aromatic carbocycles. The second kappa shape index (κ2) is 4.94. The van der Waals surface area contributed by atoms with Crippen molar-refractivity contribution in [3.63, 3.8) is 0 Å². The first kappa shape index (κ1) is 10.9. The van der Waals surface area contributed by atoms with Crippen molar-refractivity contribution in [2.45, 2.75) is 44.6 Å². The normalized spacial score (nSPS) is 30.3. The van der Waals surface area contributed by atoms with Gasteiger partial charge in [-0.25, -0.2) is 10.0 Å². The summed E-state index contributed by atoms with van der Waals surface area (Å²) >= 11 is 0. The van der Waals surface area contributed by atoms with Gasteiger partial charge in [0.25, 0.3) is 0 Å². The van der Waals surface area contributed by atoms with E-state index in [1.54, 1.807) is 0 Å². The second-order valence-electron chi connectivity index (χ2n) is 4.53. The van der Waals surface area contributed by atoms with Gasteiger partial charge in [-0.05, 0) is 32.1 Å². The highest BCUT2D eigenvalue weighted by Crippen LogP contribution is 2.22. The minimum atomic E-state index is -0.653. The minimum Gasteiger partial charge on any atom is -0.480 e. The van der Waals surface area contributed by atoms with Gasteiger partial charge in [0.1, 0.15) is 6.04 Å². The van der Waals surface area contributed by atoms with E-state index in [0.717, 1.165) is 38.9 Å². The fraction of sp³-hybridized carbons (Fsp3) is 0.909. The summed E-state index contributed by atoms with van der Waals surface area (Å²) in [5.74, 6) is -0.653. The van der Waals surface area contributed by atoms with E-state index in [4.69, 9.17) is 0 Å². The zero-order chi connectivity index (χ0) is 10.7.